The van der Waals surface area contributed by atoms with Crippen LogP contribution in [0.4, 0.5) is 4.79 Å². The highest BCUT2D eigenvalue weighted by Gasteiger charge is 2.52. The van der Waals surface area contributed by atoms with Gasteiger partial charge in [0.2, 0.25) is 0 Å². The molecule has 2 aromatic rings. The molecule has 1 saturated heterocycles. The minimum Gasteiger partial charge on any atom is -0.445 e. The molecule has 0 saturated carbocycles. The fourth-order valence-electron chi connectivity index (χ4n) is 3.08. The molecule has 1 amide bonds. The summed E-state index contributed by atoms with van der Waals surface area (Å²) in [5.41, 5.74) is 1.97. The largest absolute Gasteiger partial charge is 0.492 e. The molecule has 3 rings (SSSR count). The average molecular weight is 421 g/mol. The van der Waals surface area contributed by atoms with E-state index in [1.807, 2.05) is 70.2 Å². The van der Waals surface area contributed by atoms with Crippen LogP contribution in [0.2, 0.25) is 0 Å². The quantitative estimate of drug-likeness (QED) is 0.529. The molecule has 0 aromatic heterocycles. The molecule has 1 aliphatic rings. The first kappa shape index (κ1) is 22.8. The number of ether oxygens (including phenoxy) is 1. The van der Waals surface area contributed by atoms with Gasteiger partial charge in [-0.15, -0.1) is 0 Å². The lowest BCUT2D eigenvalue weighted by Crippen LogP contribution is -2.41. The van der Waals surface area contributed by atoms with E-state index in [9.17, 15) is 9.59 Å². The zero-order valence-electron chi connectivity index (χ0n) is 18.4. The van der Waals surface area contributed by atoms with E-state index < -0.39 is 24.4 Å². The van der Waals surface area contributed by atoms with Crippen molar-refractivity contribution in [1.82, 2.24) is 5.32 Å². The third kappa shape index (κ3) is 5.84. The van der Waals surface area contributed by atoms with Crippen LogP contribution in [0, 0.1) is 0 Å². The van der Waals surface area contributed by atoms with Gasteiger partial charge in [0.1, 0.15) is 12.9 Å². The van der Waals surface area contributed by atoms with Crippen molar-refractivity contribution in [2.24, 2.45) is 0 Å². The molecular weight excluding hydrogens is 393 g/mol. The fraction of sp³-hybridized carbons (Fsp3) is 0.333. The highest BCUT2D eigenvalue weighted by Crippen LogP contribution is 2.38. The molecule has 2 aromatic carbocycles. The second-order valence-corrected chi connectivity index (χ2v) is 8.51. The molecule has 0 unspecified atom stereocenters. The van der Waals surface area contributed by atoms with Crippen molar-refractivity contribution < 1.29 is 23.6 Å². The highest BCUT2D eigenvalue weighted by atomic mass is 16.7. The first-order valence-corrected chi connectivity index (χ1v) is 10.3. The summed E-state index contributed by atoms with van der Waals surface area (Å²) in [5, 5.41) is 2.77. The molecule has 0 atom stereocenters. The fourth-order valence-corrected chi connectivity index (χ4v) is 3.08. The van der Waals surface area contributed by atoms with Crippen LogP contribution < -0.4 is 5.32 Å². The highest BCUT2D eigenvalue weighted by molar-refractivity contribution is 6.56. The number of alkyl carbamates (subject to hydrolysis) is 1. The van der Waals surface area contributed by atoms with Crippen LogP contribution in [-0.2, 0) is 20.7 Å². The van der Waals surface area contributed by atoms with Gasteiger partial charge >= 0.3 is 13.2 Å². The normalized spacial score (nSPS) is 17.3. The first-order valence-electron chi connectivity index (χ1n) is 10.3. The molecule has 1 heterocycles. The number of carbonyl (C=O) groups excluding carboxylic acids is 2. The van der Waals surface area contributed by atoms with E-state index >= 15 is 0 Å². The van der Waals surface area contributed by atoms with Gasteiger partial charge in [-0.05, 0) is 50.4 Å². The van der Waals surface area contributed by atoms with Gasteiger partial charge in [-0.3, -0.25) is 4.79 Å². The van der Waals surface area contributed by atoms with Gasteiger partial charge in [0.25, 0.3) is 0 Å². The second kappa shape index (κ2) is 9.50. The minimum atomic E-state index is -0.640. The Morgan fingerprint density at radius 1 is 1.00 bits per heavy atom. The first-order chi connectivity index (χ1) is 14.7. The van der Waals surface area contributed by atoms with Crippen molar-refractivity contribution in [1.29, 1.82) is 0 Å². The summed E-state index contributed by atoms with van der Waals surface area (Å²) in [7, 11) is -0.640. The summed E-state index contributed by atoms with van der Waals surface area (Å²) in [6, 6.07) is 16.7. The zero-order chi connectivity index (χ0) is 22.5. The maximum Gasteiger partial charge on any atom is 0.492 e. The van der Waals surface area contributed by atoms with E-state index in [2.05, 4.69) is 5.32 Å². The molecule has 31 heavy (non-hydrogen) atoms. The Morgan fingerprint density at radius 3 is 2.29 bits per heavy atom. The summed E-state index contributed by atoms with van der Waals surface area (Å²) in [6.45, 7) is 8.25. The molecule has 1 aliphatic heterocycles. The van der Waals surface area contributed by atoms with E-state index in [0.29, 0.717) is 5.56 Å². The van der Waals surface area contributed by atoms with E-state index in [4.69, 9.17) is 14.0 Å². The third-order valence-electron chi connectivity index (χ3n) is 5.60. The number of aldehydes is 1. The van der Waals surface area contributed by atoms with Crippen molar-refractivity contribution in [3.63, 3.8) is 0 Å². The molecule has 0 radical (unpaired) electrons. The lowest BCUT2D eigenvalue weighted by atomic mass is 9.77. The average Bonchev–Trinajstić information content (AvgIpc) is 2.97. The zero-order valence-corrected chi connectivity index (χ0v) is 18.4. The maximum atomic E-state index is 12.3. The van der Waals surface area contributed by atoms with Crippen LogP contribution in [0.5, 0.6) is 0 Å². The van der Waals surface area contributed by atoms with Gasteiger partial charge < -0.3 is 19.4 Å². The number of amides is 1. The molecule has 0 bridgehead atoms. The van der Waals surface area contributed by atoms with Gasteiger partial charge in [0, 0.05) is 12.1 Å². The number of nitrogens with one attached hydrogen (secondary N) is 1. The number of hydrogen-bond acceptors (Lipinski definition) is 5. The molecule has 1 N–H and O–H groups in total. The van der Waals surface area contributed by atoms with Gasteiger partial charge in [-0.2, -0.15) is 0 Å². The third-order valence-corrected chi connectivity index (χ3v) is 5.60. The lowest BCUT2D eigenvalue weighted by molar-refractivity contribution is 0.00578. The Bertz CT molecular complexity index is 939. The van der Waals surface area contributed by atoms with Crippen LogP contribution in [0.1, 0.15) is 49.2 Å². The lowest BCUT2D eigenvalue weighted by Gasteiger charge is -2.32. The van der Waals surface area contributed by atoms with Crippen LogP contribution in [0.15, 0.2) is 60.1 Å². The number of benzene rings is 2. The molecule has 162 valence electrons. The summed E-state index contributed by atoms with van der Waals surface area (Å²) < 4.78 is 17.6. The van der Waals surface area contributed by atoms with Crippen molar-refractivity contribution in [2.75, 3.05) is 6.54 Å². The molecule has 0 spiro atoms. The predicted molar refractivity (Wildman–Crippen MR) is 121 cm³/mol. The van der Waals surface area contributed by atoms with Crippen molar-refractivity contribution in [3.05, 3.63) is 76.8 Å². The smallest absolute Gasteiger partial charge is 0.445 e. The van der Waals surface area contributed by atoms with Gasteiger partial charge in [-0.25, -0.2) is 4.79 Å². The Labute approximate surface area is 183 Å². The van der Waals surface area contributed by atoms with Gasteiger partial charge in [-0.1, -0.05) is 54.6 Å². The SMILES string of the molecule is CC1(C)OB(C(=Cc2cccc(C=O)c2)CNC(=O)OCc2ccccc2)OC1(C)C. The Hall–Kier alpha value is -2.90. The molecular formula is C24H28BNO5. The predicted octanol–water partition coefficient (Wildman–Crippen LogP) is 4.44. The number of hydrogen-bond donors (Lipinski definition) is 1. The van der Waals surface area contributed by atoms with Crippen LogP contribution >= 0.6 is 0 Å². The van der Waals surface area contributed by atoms with Gasteiger partial charge in [0.05, 0.1) is 11.2 Å². The summed E-state index contributed by atoms with van der Waals surface area (Å²) >= 11 is 0. The van der Waals surface area contributed by atoms with Crippen LogP contribution in [0.3, 0.4) is 0 Å². The Morgan fingerprint density at radius 2 is 1.65 bits per heavy atom. The van der Waals surface area contributed by atoms with Gasteiger partial charge in [0.15, 0.2) is 0 Å². The summed E-state index contributed by atoms with van der Waals surface area (Å²) in [4.78, 5) is 23.4. The Kier molecular flexibility index (Phi) is 6.98. The van der Waals surface area contributed by atoms with E-state index in [-0.39, 0.29) is 13.2 Å². The second-order valence-electron chi connectivity index (χ2n) is 8.51. The molecule has 7 heteroatoms. The summed E-state index contributed by atoms with van der Waals surface area (Å²) in [5.74, 6) is 0. The molecule has 1 fully saturated rings. The standard InChI is InChI=1S/C24H28BNO5/c1-23(2)24(3,4)31-25(30-23)21(14-19-11-8-12-20(13-19)16-27)15-26-22(28)29-17-18-9-6-5-7-10-18/h5-14,16H,15,17H2,1-4H3,(H,26,28). The Balaban J connectivity index is 1.73. The maximum absolute atomic E-state index is 12.3. The number of rotatable bonds is 7. The monoisotopic (exact) mass is 421 g/mol. The van der Waals surface area contributed by atoms with Crippen molar-refractivity contribution in [2.45, 2.75) is 45.5 Å². The summed E-state index contributed by atoms with van der Waals surface area (Å²) in [6.07, 6.45) is 2.13. The van der Waals surface area contributed by atoms with E-state index in [0.717, 1.165) is 22.9 Å². The van der Waals surface area contributed by atoms with Crippen molar-refractivity contribution in [3.8, 4) is 0 Å². The topological polar surface area (TPSA) is 73.9 Å². The number of carbonyl (C=O) groups is 2. The van der Waals surface area contributed by atoms with Crippen LogP contribution in [0.25, 0.3) is 6.08 Å². The van der Waals surface area contributed by atoms with Crippen molar-refractivity contribution >= 4 is 25.6 Å². The van der Waals surface area contributed by atoms with E-state index in [1.165, 1.54) is 0 Å². The van der Waals surface area contributed by atoms with E-state index in [1.54, 1.807) is 18.2 Å². The molecule has 6 nitrogen and oxygen atoms in total. The molecule has 0 aliphatic carbocycles. The minimum absolute atomic E-state index is 0.176. The van der Waals surface area contributed by atoms with Crippen LogP contribution in [-0.4, -0.2) is 37.2 Å².